The number of hydrogen-bond acceptors (Lipinski definition) is 10. The fourth-order valence-electron chi connectivity index (χ4n) is 9.52. The number of ether oxygens (including phenoxy) is 4. The van der Waals surface area contributed by atoms with Gasteiger partial charge >= 0.3 is 11.6 Å². The lowest BCUT2D eigenvalue weighted by Crippen LogP contribution is -2.71. The first-order valence-corrected chi connectivity index (χ1v) is 17.0. The van der Waals surface area contributed by atoms with E-state index in [4.69, 9.17) is 23.4 Å². The molecule has 10 heteroatoms. The zero-order valence-corrected chi connectivity index (χ0v) is 28.1. The van der Waals surface area contributed by atoms with Gasteiger partial charge < -0.3 is 28.5 Å². The number of aromatic nitrogens is 1. The first-order chi connectivity index (χ1) is 24.0. The zero-order valence-electron chi connectivity index (χ0n) is 28.1. The van der Waals surface area contributed by atoms with Crippen LogP contribution >= 0.6 is 0 Å². The normalized spacial score (nSPS) is 34.1. The molecule has 8 rings (SSSR count). The summed E-state index contributed by atoms with van der Waals surface area (Å²) in [7, 11) is 0. The summed E-state index contributed by atoms with van der Waals surface area (Å²) in [6.45, 7) is 6.56. The van der Waals surface area contributed by atoms with Crippen LogP contribution in [-0.2, 0) is 14.2 Å². The average molecular weight is 675 g/mol. The largest absolute Gasteiger partial charge is 0.482 e. The van der Waals surface area contributed by atoms with E-state index in [9.17, 15) is 20.0 Å². The third-order valence-corrected chi connectivity index (χ3v) is 11.9. The number of esters is 1. The lowest BCUT2D eigenvalue weighted by Gasteiger charge is -2.67. The molecule has 1 N–H and O–H groups in total. The Kier molecular flexibility index (Phi) is 7.71. The van der Waals surface area contributed by atoms with Crippen LogP contribution in [0.1, 0.15) is 79.5 Å². The van der Waals surface area contributed by atoms with E-state index in [0.717, 1.165) is 5.56 Å². The molecule has 2 saturated carbocycles. The molecule has 4 aromatic rings. The highest BCUT2D eigenvalue weighted by atomic mass is 16.7. The molecule has 256 valence electrons. The van der Waals surface area contributed by atoms with Crippen molar-refractivity contribution in [3.63, 3.8) is 0 Å². The van der Waals surface area contributed by atoms with Crippen molar-refractivity contribution in [3.8, 4) is 23.1 Å². The van der Waals surface area contributed by atoms with Gasteiger partial charge in [-0.15, -0.1) is 0 Å². The lowest BCUT2D eigenvalue weighted by atomic mass is 9.42. The maximum absolute atomic E-state index is 13.8. The highest BCUT2D eigenvalue weighted by molar-refractivity contribution is 5.89. The second-order valence-electron chi connectivity index (χ2n) is 14.7. The van der Waals surface area contributed by atoms with E-state index >= 15 is 0 Å². The van der Waals surface area contributed by atoms with Crippen LogP contribution < -0.4 is 10.4 Å². The predicted octanol–water partition coefficient (Wildman–Crippen LogP) is 6.54. The molecular weight excluding hydrogens is 636 g/mol. The van der Waals surface area contributed by atoms with Crippen LogP contribution in [0.15, 0.2) is 94.4 Å². The van der Waals surface area contributed by atoms with Crippen molar-refractivity contribution in [1.29, 1.82) is 5.26 Å². The van der Waals surface area contributed by atoms with E-state index in [0.29, 0.717) is 37.0 Å². The van der Waals surface area contributed by atoms with Gasteiger partial charge in [0.05, 0.1) is 36.0 Å². The summed E-state index contributed by atoms with van der Waals surface area (Å²) in [6, 6.07) is 23.3. The Bertz CT molecular complexity index is 2030. The predicted molar refractivity (Wildman–Crippen MR) is 180 cm³/mol. The molecule has 1 saturated heterocycles. The molecule has 10 nitrogen and oxygen atoms in total. The third kappa shape index (κ3) is 4.98. The topological polar surface area (TPSA) is 141 Å². The number of carbonyl (C=O) groups excluding carboxylic acids is 1. The van der Waals surface area contributed by atoms with Crippen LogP contribution in [0.4, 0.5) is 0 Å². The van der Waals surface area contributed by atoms with Crippen molar-refractivity contribution in [2.45, 2.75) is 70.2 Å². The summed E-state index contributed by atoms with van der Waals surface area (Å²) in [6.07, 6.45) is 2.18. The van der Waals surface area contributed by atoms with E-state index < -0.39 is 52.4 Å². The molecule has 0 spiro atoms. The Labute approximate surface area is 289 Å². The molecule has 0 amide bonds. The summed E-state index contributed by atoms with van der Waals surface area (Å²) in [5.74, 6) is -0.976. The molecule has 0 unspecified atom stereocenters. The Morgan fingerprint density at radius 2 is 1.82 bits per heavy atom. The van der Waals surface area contributed by atoms with Crippen molar-refractivity contribution in [3.05, 3.63) is 118 Å². The van der Waals surface area contributed by atoms with E-state index in [2.05, 4.69) is 24.9 Å². The van der Waals surface area contributed by atoms with Gasteiger partial charge in [0.15, 0.2) is 6.29 Å². The molecule has 4 heterocycles. The summed E-state index contributed by atoms with van der Waals surface area (Å²) >= 11 is 0. The van der Waals surface area contributed by atoms with Crippen molar-refractivity contribution >= 4 is 5.97 Å². The Morgan fingerprint density at radius 3 is 2.54 bits per heavy atom. The first-order valence-electron chi connectivity index (χ1n) is 17.0. The number of aliphatic hydroxyl groups excluding tert-OH is 1. The Hall–Kier alpha value is -4.82. The molecule has 0 bridgehead atoms. The van der Waals surface area contributed by atoms with Crippen LogP contribution in [0.5, 0.6) is 5.75 Å². The van der Waals surface area contributed by atoms with E-state index in [-0.39, 0.29) is 34.7 Å². The first kappa shape index (κ1) is 32.4. The number of hydrogen-bond donors (Lipinski definition) is 1. The van der Waals surface area contributed by atoms with Gasteiger partial charge in [-0.05, 0) is 73.9 Å². The van der Waals surface area contributed by atoms with Crippen LogP contribution in [0.2, 0.25) is 0 Å². The van der Waals surface area contributed by atoms with Gasteiger partial charge in [-0.2, -0.15) is 5.26 Å². The quantitative estimate of drug-likeness (QED) is 0.237. The molecule has 4 aliphatic rings. The standard InChI is InChI=1S/C40H38N2O8/c1-38-16-15-30-39(2,22-46-37(49-30)25-8-5-4-6-9-25)29(38)19-31(48-35(44)24-13-11-23(20-41)12-14-24)40(3)34(38)33(43)32-28(50-40)18-27(47-36(32)45)26-10-7-17-42-21-26/h4-14,17-18,21,29-31,33-34,37,43H,15-16,19,22H2,1-3H3/t29-,30+,31+,33+,34-,37-,38+,39+,40-/m1/s1. The van der Waals surface area contributed by atoms with Gasteiger partial charge in [0.2, 0.25) is 0 Å². The van der Waals surface area contributed by atoms with Gasteiger partial charge in [0.1, 0.15) is 28.8 Å². The number of fused-ring (bicyclic) bond motifs is 6. The lowest BCUT2D eigenvalue weighted by molar-refractivity contribution is -0.330. The van der Waals surface area contributed by atoms with Crippen molar-refractivity contribution < 1.29 is 33.3 Å². The van der Waals surface area contributed by atoms with Crippen molar-refractivity contribution in [1.82, 2.24) is 4.98 Å². The molecule has 2 aromatic carbocycles. The van der Waals surface area contributed by atoms with Crippen LogP contribution in [0.25, 0.3) is 11.3 Å². The number of aliphatic hydroxyl groups is 1. The van der Waals surface area contributed by atoms with Crippen molar-refractivity contribution in [2.24, 2.45) is 22.7 Å². The van der Waals surface area contributed by atoms with Gasteiger partial charge in [0, 0.05) is 40.9 Å². The number of nitrogens with zero attached hydrogens (tertiary/aromatic N) is 2. The monoisotopic (exact) mass is 674 g/mol. The highest BCUT2D eigenvalue weighted by Gasteiger charge is 2.71. The van der Waals surface area contributed by atoms with Crippen LogP contribution in [0.3, 0.4) is 0 Å². The molecule has 2 aliphatic carbocycles. The fraction of sp³-hybridized carbons (Fsp3) is 0.400. The smallest absolute Gasteiger partial charge is 0.345 e. The average Bonchev–Trinajstić information content (AvgIpc) is 3.12. The third-order valence-electron chi connectivity index (χ3n) is 11.9. The van der Waals surface area contributed by atoms with Crippen LogP contribution in [0, 0.1) is 34.0 Å². The van der Waals surface area contributed by atoms with E-state index in [1.807, 2.05) is 37.3 Å². The number of rotatable bonds is 4. The summed E-state index contributed by atoms with van der Waals surface area (Å²) in [5.41, 5.74) is -0.763. The number of benzene rings is 2. The van der Waals surface area contributed by atoms with E-state index in [1.165, 1.54) is 0 Å². The Balaban J connectivity index is 1.21. The maximum Gasteiger partial charge on any atom is 0.345 e. The minimum atomic E-state index is -1.28. The minimum absolute atomic E-state index is 0.0479. The highest BCUT2D eigenvalue weighted by Crippen LogP contribution is 2.68. The number of pyridine rings is 1. The molecule has 50 heavy (non-hydrogen) atoms. The molecule has 0 radical (unpaired) electrons. The summed E-state index contributed by atoms with van der Waals surface area (Å²) in [5, 5.41) is 21.7. The maximum atomic E-state index is 13.8. The number of carbonyl (C=O) groups is 1. The molecule has 9 atom stereocenters. The van der Waals surface area contributed by atoms with Gasteiger partial charge in [-0.3, -0.25) is 4.98 Å². The fourth-order valence-corrected chi connectivity index (χ4v) is 9.52. The molecule has 2 aliphatic heterocycles. The van der Waals surface area contributed by atoms with Gasteiger partial charge in [0.25, 0.3) is 0 Å². The summed E-state index contributed by atoms with van der Waals surface area (Å²) < 4.78 is 32.1. The van der Waals surface area contributed by atoms with Crippen molar-refractivity contribution in [2.75, 3.05) is 6.61 Å². The summed E-state index contributed by atoms with van der Waals surface area (Å²) in [4.78, 5) is 31.7. The zero-order chi connectivity index (χ0) is 34.8. The molecule has 2 aromatic heterocycles. The van der Waals surface area contributed by atoms with Gasteiger partial charge in [-0.1, -0.05) is 44.2 Å². The minimum Gasteiger partial charge on any atom is -0.482 e. The molecular formula is C40H38N2O8. The van der Waals surface area contributed by atoms with Gasteiger partial charge in [-0.25, -0.2) is 9.59 Å². The Morgan fingerprint density at radius 1 is 1.04 bits per heavy atom. The SMILES string of the molecule is C[C@@]12CO[C@@H](c3ccccc3)O[C@H]1CC[C@@]1(C)[C@H]2C[C@H](OC(=O)c2ccc(C#N)cc2)[C@@]2(C)Oc3cc(-c4cccnc4)oc(=O)c3[C@H](O)[C@H]12. The van der Waals surface area contributed by atoms with E-state index in [1.54, 1.807) is 54.9 Å². The molecule has 3 fully saturated rings. The second kappa shape index (κ2) is 11.9. The van der Waals surface area contributed by atoms with Crippen LogP contribution in [-0.4, -0.2) is 40.5 Å². The second-order valence-corrected chi connectivity index (χ2v) is 14.7. The number of nitriles is 1.